The van der Waals surface area contributed by atoms with E-state index < -0.39 is 29.9 Å². The molecule has 3 N–H and O–H groups in total. The lowest BCUT2D eigenvalue weighted by Gasteiger charge is -2.33. The number of carbonyl (C=O) groups excluding carboxylic acids is 4. The molecule has 3 amide bonds. The van der Waals surface area contributed by atoms with Crippen LogP contribution < -0.4 is 10.6 Å². The molecule has 0 spiro atoms. The highest BCUT2D eigenvalue weighted by atomic mass is 32.1. The van der Waals surface area contributed by atoms with Gasteiger partial charge < -0.3 is 25.4 Å². The average Bonchev–Trinajstić information content (AvgIpc) is 3.58. The van der Waals surface area contributed by atoms with E-state index in [-0.39, 0.29) is 61.9 Å². The molecule has 13 heteroatoms. The van der Waals surface area contributed by atoms with E-state index in [0.29, 0.717) is 5.01 Å². The van der Waals surface area contributed by atoms with Gasteiger partial charge in [0.25, 0.3) is 5.91 Å². The first-order chi connectivity index (χ1) is 24.1. The Morgan fingerprint density at radius 2 is 1.59 bits per heavy atom. The molecular weight excluding hydrogens is 671 g/mol. The van der Waals surface area contributed by atoms with Crippen molar-refractivity contribution in [2.75, 3.05) is 40.3 Å². The van der Waals surface area contributed by atoms with Crippen LogP contribution >= 0.6 is 11.3 Å². The summed E-state index contributed by atoms with van der Waals surface area (Å²) < 4.78 is 5.55. The zero-order valence-corrected chi connectivity index (χ0v) is 33.3. The Morgan fingerprint density at radius 1 is 0.961 bits per heavy atom. The summed E-state index contributed by atoms with van der Waals surface area (Å²) in [5.41, 5.74) is 1.46. The minimum Gasteiger partial charge on any atom is -0.481 e. The number of carbonyl (C=O) groups is 5. The van der Waals surface area contributed by atoms with Gasteiger partial charge in [0.05, 0.1) is 19.0 Å². The van der Waals surface area contributed by atoms with E-state index >= 15 is 0 Å². The van der Waals surface area contributed by atoms with E-state index in [4.69, 9.17) is 9.84 Å². The molecule has 2 rings (SSSR count). The van der Waals surface area contributed by atoms with E-state index in [9.17, 15) is 24.0 Å². The highest BCUT2D eigenvalue weighted by molar-refractivity contribution is 7.09. The number of carboxylic acid groups (broad SMARTS) is 1. The predicted octanol–water partition coefficient (Wildman–Crippen LogP) is 6.11. The van der Waals surface area contributed by atoms with Gasteiger partial charge in [0.1, 0.15) is 10.7 Å². The van der Waals surface area contributed by atoms with E-state index in [0.717, 1.165) is 30.7 Å². The molecule has 0 aliphatic carbocycles. The molecule has 51 heavy (non-hydrogen) atoms. The van der Waals surface area contributed by atoms with Crippen molar-refractivity contribution in [3.05, 3.63) is 52.0 Å². The van der Waals surface area contributed by atoms with Gasteiger partial charge >= 0.3 is 11.9 Å². The van der Waals surface area contributed by atoms with Gasteiger partial charge in [0.15, 0.2) is 6.10 Å². The Kier molecular flexibility index (Phi) is 24.9. The maximum atomic E-state index is 13.0. The van der Waals surface area contributed by atoms with Gasteiger partial charge in [0.2, 0.25) is 11.8 Å². The Hall–Kier alpha value is -3.84. The Bertz CT molecular complexity index is 1300. The summed E-state index contributed by atoms with van der Waals surface area (Å²) in [6.07, 6.45) is 4.39. The summed E-state index contributed by atoms with van der Waals surface area (Å²) in [6, 6.07) is 9.91. The highest BCUT2D eigenvalue weighted by Gasteiger charge is 2.31. The molecule has 0 saturated heterocycles. The summed E-state index contributed by atoms with van der Waals surface area (Å²) in [5.74, 6) is -3.02. The van der Waals surface area contributed by atoms with E-state index in [1.54, 1.807) is 24.3 Å². The second-order valence-electron chi connectivity index (χ2n) is 13.0. The number of rotatable bonds is 19. The molecule has 0 fully saturated rings. The topological polar surface area (TPSA) is 158 Å². The molecule has 1 aromatic heterocycles. The molecule has 3 unspecified atom stereocenters. The number of thiazole rings is 1. The average molecular weight is 734 g/mol. The van der Waals surface area contributed by atoms with E-state index in [1.165, 1.54) is 25.3 Å². The minimum absolute atomic E-state index is 0.0122. The predicted molar refractivity (Wildman–Crippen MR) is 204 cm³/mol. The molecule has 0 aliphatic rings. The van der Waals surface area contributed by atoms with Crippen molar-refractivity contribution in [2.24, 2.45) is 11.8 Å². The summed E-state index contributed by atoms with van der Waals surface area (Å²) in [4.78, 5) is 68.4. The van der Waals surface area contributed by atoms with Crippen LogP contribution in [0.15, 0.2) is 35.7 Å². The summed E-state index contributed by atoms with van der Waals surface area (Å²) in [6.45, 7) is 16.3. The number of carboxylic acids is 1. The number of nitrogens with one attached hydrogen (secondary N) is 2. The molecule has 2 aromatic rings. The normalized spacial score (nSPS) is 12.3. The Morgan fingerprint density at radius 3 is 2.08 bits per heavy atom. The van der Waals surface area contributed by atoms with Crippen LogP contribution in [0.3, 0.4) is 0 Å². The monoisotopic (exact) mass is 733 g/mol. The summed E-state index contributed by atoms with van der Waals surface area (Å²) in [5, 5.41) is 16.3. The van der Waals surface area contributed by atoms with Gasteiger partial charge in [-0.3, -0.25) is 28.9 Å². The number of hydrogen-bond acceptors (Lipinski definition) is 9. The van der Waals surface area contributed by atoms with E-state index in [1.807, 2.05) is 44.0 Å². The standard InChI is InChI=1S/C27H45N5O7S.C7H8.C4H10/c1-8-9-12-31(6)15-23(34)29-14-24(35)32(7)21(17(2)3)13-22(39-19(5)33)26-30-20(16-40-26)25(36)28-11-10-18(4)27(37)38;1-7-5-3-2-4-6-7;1-3-4-2/h16-18,21-22H,8-15H2,1-7H3,(H,28,36)(H,29,34)(H,37,38);2-6H,1H3;3-4H2,1-2H3. The second kappa shape index (κ2) is 26.9. The summed E-state index contributed by atoms with van der Waals surface area (Å²) >= 11 is 1.16. The van der Waals surface area contributed by atoms with Gasteiger partial charge in [-0.1, -0.05) is 96.7 Å². The molecule has 1 aromatic carbocycles. The quantitative estimate of drug-likeness (QED) is 0.145. The van der Waals surface area contributed by atoms with Gasteiger partial charge in [-0.15, -0.1) is 11.3 Å². The number of benzene rings is 1. The molecule has 12 nitrogen and oxygen atoms in total. The molecule has 3 atom stereocenters. The molecular formula is C38H63N5O7S. The fraction of sp³-hybridized carbons (Fsp3) is 0.632. The zero-order chi connectivity index (χ0) is 38.9. The van der Waals surface area contributed by atoms with Crippen LogP contribution in [0.4, 0.5) is 0 Å². The van der Waals surface area contributed by atoms with Gasteiger partial charge in [-0.25, -0.2) is 4.98 Å². The number of aliphatic carboxylic acids is 1. The Balaban J connectivity index is 0.00000193. The lowest BCUT2D eigenvalue weighted by atomic mass is 9.96. The fourth-order valence-corrected chi connectivity index (χ4v) is 5.32. The van der Waals surface area contributed by atoms with Crippen LogP contribution in [0.2, 0.25) is 0 Å². The van der Waals surface area contributed by atoms with Crippen LogP contribution in [0.5, 0.6) is 0 Å². The number of amides is 3. The molecule has 0 radical (unpaired) electrons. The first-order valence-electron chi connectivity index (χ1n) is 17.9. The van der Waals surface area contributed by atoms with Crippen LogP contribution in [0.1, 0.15) is 114 Å². The third-order valence-corrected chi connectivity index (χ3v) is 8.86. The van der Waals surface area contributed by atoms with Crippen molar-refractivity contribution in [1.29, 1.82) is 0 Å². The molecule has 0 saturated carbocycles. The second-order valence-corrected chi connectivity index (χ2v) is 13.9. The molecule has 0 bridgehead atoms. The Labute approximate surface area is 309 Å². The van der Waals surface area contributed by atoms with Crippen molar-refractivity contribution in [1.82, 2.24) is 25.4 Å². The van der Waals surface area contributed by atoms with Crippen LogP contribution in [-0.4, -0.2) is 95.9 Å². The maximum absolute atomic E-state index is 13.0. The van der Waals surface area contributed by atoms with Crippen LogP contribution in [-0.2, 0) is 23.9 Å². The zero-order valence-electron chi connectivity index (χ0n) is 32.5. The van der Waals surface area contributed by atoms with Gasteiger partial charge in [-0.2, -0.15) is 0 Å². The molecule has 1 heterocycles. The van der Waals surface area contributed by atoms with Crippen molar-refractivity contribution in [2.45, 2.75) is 106 Å². The largest absolute Gasteiger partial charge is 0.481 e. The summed E-state index contributed by atoms with van der Waals surface area (Å²) in [7, 11) is 3.51. The van der Waals surface area contributed by atoms with Crippen molar-refractivity contribution >= 4 is 41.0 Å². The number of unbranched alkanes of at least 4 members (excludes halogenated alkanes) is 2. The number of nitrogens with zero attached hydrogens (tertiary/aromatic N) is 3. The van der Waals surface area contributed by atoms with Gasteiger partial charge in [-0.05, 0) is 39.3 Å². The lowest BCUT2D eigenvalue weighted by Crippen LogP contribution is -2.47. The van der Waals surface area contributed by atoms with Crippen molar-refractivity contribution in [3.63, 3.8) is 0 Å². The van der Waals surface area contributed by atoms with Crippen LogP contribution in [0.25, 0.3) is 0 Å². The van der Waals surface area contributed by atoms with Crippen LogP contribution in [0, 0.1) is 18.8 Å². The molecule has 0 aliphatic heterocycles. The smallest absolute Gasteiger partial charge is 0.306 e. The van der Waals surface area contributed by atoms with Crippen molar-refractivity contribution < 1.29 is 33.8 Å². The fourth-order valence-electron chi connectivity index (χ4n) is 4.48. The van der Waals surface area contributed by atoms with Crippen molar-refractivity contribution in [3.8, 4) is 0 Å². The first kappa shape index (κ1) is 47.2. The third kappa shape index (κ3) is 21.2. The third-order valence-electron chi connectivity index (χ3n) is 7.92. The number of aryl methyl sites for hydroxylation is 1. The van der Waals surface area contributed by atoms with Gasteiger partial charge in [0, 0.05) is 38.4 Å². The number of aromatic nitrogens is 1. The minimum atomic E-state index is -0.935. The number of ether oxygens (including phenoxy) is 1. The lowest BCUT2D eigenvalue weighted by molar-refractivity contribution is -0.148. The SMILES string of the molecule is CCCC.CCCCN(C)CC(=O)NCC(=O)N(C)C(CC(OC(C)=O)c1nc(C(=O)NCCC(C)C(=O)O)cs1)C(C)C.Cc1ccccc1. The first-order valence-corrected chi connectivity index (χ1v) is 18.8. The number of esters is 1. The number of hydrogen-bond donors (Lipinski definition) is 3. The number of likely N-dealkylation sites (N-methyl/N-ethyl adjacent to an activating group) is 2. The van der Waals surface area contributed by atoms with E-state index in [2.05, 4.69) is 55.4 Å². The molecule has 288 valence electrons. The maximum Gasteiger partial charge on any atom is 0.306 e. The highest BCUT2D eigenvalue weighted by Crippen LogP contribution is 2.30.